The van der Waals surface area contributed by atoms with Crippen molar-refractivity contribution in [1.29, 1.82) is 0 Å². The minimum Gasteiger partial charge on any atom is -0.379 e. The predicted octanol–water partition coefficient (Wildman–Crippen LogP) is 4.94. The van der Waals surface area contributed by atoms with Gasteiger partial charge in [-0.1, -0.05) is 35.9 Å². The van der Waals surface area contributed by atoms with Crippen LogP contribution in [0.2, 0.25) is 5.02 Å². The van der Waals surface area contributed by atoms with Crippen LogP contribution in [0.3, 0.4) is 0 Å². The van der Waals surface area contributed by atoms with Crippen molar-refractivity contribution in [3.8, 4) is 22.5 Å². The number of rotatable bonds is 8. The van der Waals surface area contributed by atoms with Crippen LogP contribution in [0.25, 0.3) is 22.5 Å². The van der Waals surface area contributed by atoms with E-state index >= 15 is 0 Å². The summed E-state index contributed by atoms with van der Waals surface area (Å²) in [5, 5.41) is 11.0. The van der Waals surface area contributed by atoms with Crippen molar-refractivity contribution < 1.29 is 9.53 Å². The molecule has 2 aromatic carbocycles. The molecule has 0 saturated heterocycles. The first-order chi connectivity index (χ1) is 13.5. The fourth-order valence-corrected chi connectivity index (χ4v) is 2.86. The number of aromatic nitrogens is 2. The van der Waals surface area contributed by atoms with Gasteiger partial charge in [0, 0.05) is 29.3 Å². The number of carbonyl (C=O) groups is 1. The number of hydrogen-bond acceptors (Lipinski definition) is 3. The quantitative estimate of drug-likeness (QED) is 0.529. The smallest absolute Gasteiger partial charge is 0.251 e. The van der Waals surface area contributed by atoms with E-state index in [4.69, 9.17) is 16.3 Å². The molecule has 0 aliphatic rings. The highest BCUT2D eigenvalue weighted by Crippen LogP contribution is 2.25. The third-order valence-corrected chi connectivity index (χ3v) is 4.49. The summed E-state index contributed by atoms with van der Waals surface area (Å²) in [6.45, 7) is 5.24. The number of aromatic amines is 1. The van der Waals surface area contributed by atoms with Gasteiger partial charge >= 0.3 is 0 Å². The molecular weight excluding hydrogens is 374 g/mol. The molecular formula is C22H24ClN3O2. The number of H-pyrrole nitrogens is 1. The van der Waals surface area contributed by atoms with Crippen LogP contribution >= 0.6 is 11.6 Å². The van der Waals surface area contributed by atoms with Crippen LogP contribution < -0.4 is 5.32 Å². The van der Waals surface area contributed by atoms with E-state index in [2.05, 4.69) is 15.5 Å². The van der Waals surface area contributed by atoms with Gasteiger partial charge < -0.3 is 10.1 Å². The number of hydrogen-bond donors (Lipinski definition) is 2. The van der Waals surface area contributed by atoms with Crippen LogP contribution in [0.15, 0.2) is 54.6 Å². The molecule has 0 aliphatic heterocycles. The lowest BCUT2D eigenvalue weighted by molar-refractivity contribution is 0.0757. The summed E-state index contributed by atoms with van der Waals surface area (Å²) in [6, 6.07) is 17.0. The van der Waals surface area contributed by atoms with Crippen LogP contribution in [0, 0.1) is 0 Å². The van der Waals surface area contributed by atoms with E-state index in [-0.39, 0.29) is 12.0 Å². The Hall–Kier alpha value is -2.63. The normalized spacial score (nSPS) is 11.0. The maximum Gasteiger partial charge on any atom is 0.251 e. The van der Waals surface area contributed by atoms with Gasteiger partial charge in [-0.3, -0.25) is 9.89 Å². The molecule has 5 nitrogen and oxygen atoms in total. The lowest BCUT2D eigenvalue weighted by atomic mass is 10.1. The molecule has 3 rings (SSSR count). The topological polar surface area (TPSA) is 67.0 Å². The molecule has 0 aliphatic carbocycles. The molecule has 0 spiro atoms. The average Bonchev–Trinajstić information content (AvgIpc) is 3.18. The summed E-state index contributed by atoms with van der Waals surface area (Å²) in [5.41, 5.74) is 4.32. The van der Waals surface area contributed by atoms with E-state index in [9.17, 15) is 4.79 Å². The van der Waals surface area contributed by atoms with Crippen molar-refractivity contribution in [2.45, 2.75) is 26.4 Å². The minimum absolute atomic E-state index is 0.0834. The largest absolute Gasteiger partial charge is 0.379 e. The van der Waals surface area contributed by atoms with Crippen molar-refractivity contribution in [3.05, 3.63) is 65.2 Å². The van der Waals surface area contributed by atoms with Crippen LogP contribution in [0.1, 0.15) is 30.6 Å². The first kappa shape index (κ1) is 20.1. The third-order valence-electron chi connectivity index (χ3n) is 4.23. The molecule has 1 amide bonds. The van der Waals surface area contributed by atoms with E-state index in [0.29, 0.717) is 23.7 Å². The molecule has 0 saturated carbocycles. The van der Waals surface area contributed by atoms with E-state index in [0.717, 1.165) is 28.9 Å². The summed E-state index contributed by atoms with van der Waals surface area (Å²) >= 11 is 5.94. The lowest BCUT2D eigenvalue weighted by Crippen LogP contribution is -2.25. The summed E-state index contributed by atoms with van der Waals surface area (Å²) in [5.74, 6) is -0.0834. The Balaban J connectivity index is 1.58. The molecule has 0 unspecified atom stereocenters. The Morgan fingerprint density at radius 2 is 1.79 bits per heavy atom. The van der Waals surface area contributed by atoms with Gasteiger partial charge in [0.1, 0.15) is 0 Å². The second-order valence-electron chi connectivity index (χ2n) is 6.78. The maximum absolute atomic E-state index is 12.2. The molecule has 6 heteroatoms. The number of carbonyl (C=O) groups excluding carboxylic acids is 1. The minimum atomic E-state index is -0.0834. The lowest BCUT2D eigenvalue weighted by Gasteiger charge is -2.08. The fourth-order valence-electron chi connectivity index (χ4n) is 2.73. The zero-order valence-electron chi connectivity index (χ0n) is 16.0. The Bertz CT molecular complexity index is 902. The second-order valence-corrected chi connectivity index (χ2v) is 7.22. The van der Waals surface area contributed by atoms with Gasteiger partial charge in [-0.15, -0.1) is 0 Å². The Kier molecular flexibility index (Phi) is 6.85. The monoisotopic (exact) mass is 397 g/mol. The zero-order chi connectivity index (χ0) is 19.9. The zero-order valence-corrected chi connectivity index (χ0v) is 16.8. The molecule has 1 heterocycles. The summed E-state index contributed by atoms with van der Waals surface area (Å²) in [4.78, 5) is 12.2. The molecule has 0 fully saturated rings. The van der Waals surface area contributed by atoms with Gasteiger partial charge in [0.25, 0.3) is 5.91 Å². The van der Waals surface area contributed by atoms with Crippen molar-refractivity contribution in [2.24, 2.45) is 0 Å². The van der Waals surface area contributed by atoms with E-state index in [1.54, 1.807) is 0 Å². The maximum atomic E-state index is 12.2. The number of amides is 1. The van der Waals surface area contributed by atoms with E-state index in [1.165, 1.54) is 0 Å². The van der Waals surface area contributed by atoms with Crippen LogP contribution in [-0.2, 0) is 4.74 Å². The van der Waals surface area contributed by atoms with Gasteiger partial charge in [-0.25, -0.2) is 0 Å². The van der Waals surface area contributed by atoms with Crippen molar-refractivity contribution in [1.82, 2.24) is 15.5 Å². The van der Waals surface area contributed by atoms with Crippen LogP contribution in [0.4, 0.5) is 0 Å². The standard InChI is InChI=1S/C22H24ClN3O2/c1-15(2)28-13-3-12-24-22(27)18-6-4-16(5-7-18)20-14-21(26-25-20)17-8-10-19(23)11-9-17/h4-11,14-15H,3,12-13H2,1-2H3,(H,24,27)(H,25,26). The highest BCUT2D eigenvalue weighted by atomic mass is 35.5. The fraction of sp³-hybridized carbons (Fsp3) is 0.273. The van der Waals surface area contributed by atoms with E-state index in [1.807, 2.05) is 68.4 Å². The molecule has 3 aromatic rings. The average molecular weight is 398 g/mol. The first-order valence-electron chi connectivity index (χ1n) is 9.34. The Morgan fingerprint density at radius 3 is 2.46 bits per heavy atom. The molecule has 0 atom stereocenters. The van der Waals surface area contributed by atoms with E-state index < -0.39 is 0 Å². The summed E-state index contributed by atoms with van der Waals surface area (Å²) < 4.78 is 5.47. The molecule has 2 N–H and O–H groups in total. The predicted molar refractivity (Wildman–Crippen MR) is 113 cm³/mol. The highest BCUT2D eigenvalue weighted by Gasteiger charge is 2.09. The van der Waals surface area contributed by atoms with Crippen LogP contribution in [0.5, 0.6) is 0 Å². The molecule has 28 heavy (non-hydrogen) atoms. The Labute approximate surface area is 170 Å². The molecule has 1 aromatic heterocycles. The van der Waals surface area contributed by atoms with Gasteiger partial charge in [0.05, 0.1) is 17.5 Å². The van der Waals surface area contributed by atoms with Crippen molar-refractivity contribution in [2.75, 3.05) is 13.2 Å². The second kappa shape index (κ2) is 9.53. The summed E-state index contributed by atoms with van der Waals surface area (Å²) in [7, 11) is 0. The van der Waals surface area contributed by atoms with Crippen molar-refractivity contribution in [3.63, 3.8) is 0 Å². The van der Waals surface area contributed by atoms with Crippen molar-refractivity contribution >= 4 is 17.5 Å². The SMILES string of the molecule is CC(C)OCCCNC(=O)c1ccc(-c2cc(-c3ccc(Cl)cc3)[nH]n2)cc1. The number of ether oxygens (including phenoxy) is 1. The molecule has 146 valence electrons. The Morgan fingerprint density at radius 1 is 1.11 bits per heavy atom. The van der Waals surface area contributed by atoms with Gasteiger partial charge in [-0.2, -0.15) is 5.10 Å². The molecule has 0 bridgehead atoms. The summed E-state index contributed by atoms with van der Waals surface area (Å²) in [6.07, 6.45) is 1.01. The number of benzene rings is 2. The highest BCUT2D eigenvalue weighted by molar-refractivity contribution is 6.30. The number of nitrogens with zero attached hydrogens (tertiary/aromatic N) is 1. The molecule has 0 radical (unpaired) electrons. The first-order valence-corrected chi connectivity index (χ1v) is 9.72. The van der Waals surface area contributed by atoms with Gasteiger partial charge in [-0.05, 0) is 56.2 Å². The van der Waals surface area contributed by atoms with Crippen LogP contribution in [-0.4, -0.2) is 35.4 Å². The number of nitrogens with one attached hydrogen (secondary N) is 2. The number of halogens is 1. The van der Waals surface area contributed by atoms with Gasteiger partial charge in [0.2, 0.25) is 0 Å². The van der Waals surface area contributed by atoms with Gasteiger partial charge in [0.15, 0.2) is 0 Å². The third kappa shape index (κ3) is 5.44.